The molecule has 0 aromatic heterocycles. The van der Waals surface area contributed by atoms with Crippen LogP contribution in [0.15, 0.2) is 30.8 Å². The van der Waals surface area contributed by atoms with Crippen molar-refractivity contribution in [3.05, 3.63) is 36.4 Å². The van der Waals surface area contributed by atoms with Gasteiger partial charge in [-0.15, -0.1) is 0 Å². The Balaban J connectivity index is 3.06. The van der Waals surface area contributed by atoms with E-state index in [0.29, 0.717) is 5.56 Å². The van der Waals surface area contributed by atoms with Crippen LogP contribution in [-0.4, -0.2) is 19.8 Å². The Morgan fingerprint density at radius 1 is 1.05 bits per heavy atom. The summed E-state index contributed by atoms with van der Waals surface area (Å²) in [5, 5.41) is -5.88. The average molecular weight is 301 g/mol. The summed E-state index contributed by atoms with van der Waals surface area (Å²) in [4.78, 5) is 0. The summed E-state index contributed by atoms with van der Waals surface area (Å²) in [6, 6.07) is 4.69. The van der Waals surface area contributed by atoms with Crippen molar-refractivity contribution < 1.29 is 30.4 Å². The molecule has 0 aliphatic carbocycles. The van der Waals surface area contributed by atoms with Gasteiger partial charge in [0.1, 0.15) is 0 Å². The van der Waals surface area contributed by atoms with Gasteiger partial charge in [-0.1, -0.05) is 24.8 Å². The highest BCUT2D eigenvalue weighted by Gasteiger charge is 2.67. The van der Waals surface area contributed by atoms with Crippen LogP contribution in [0.25, 0.3) is 6.08 Å². The summed E-state index contributed by atoms with van der Waals surface area (Å²) >= 11 is 0. The maximum Gasteiger partial charge on any atom is 0.471 e. The number of sulfonamides is 1. The molecule has 0 radical (unpaired) electrons. The van der Waals surface area contributed by atoms with E-state index in [4.69, 9.17) is 0 Å². The van der Waals surface area contributed by atoms with Gasteiger partial charge in [-0.25, -0.2) is 0 Å². The molecule has 0 aliphatic heterocycles. The zero-order chi connectivity index (χ0) is 14.9. The number of halogens is 5. The smallest absolute Gasteiger partial charge is 0.278 e. The lowest BCUT2D eigenvalue weighted by Gasteiger charge is -2.20. The highest BCUT2D eigenvalue weighted by Crippen LogP contribution is 2.40. The molecule has 1 N–H and O–H groups in total. The van der Waals surface area contributed by atoms with E-state index < -0.39 is 27.1 Å². The Morgan fingerprint density at radius 2 is 1.53 bits per heavy atom. The Labute approximate surface area is 105 Å². The highest BCUT2D eigenvalue weighted by molar-refractivity contribution is 7.93. The lowest BCUT2D eigenvalue weighted by molar-refractivity contribution is -0.241. The second-order valence-corrected chi connectivity index (χ2v) is 5.17. The maximum atomic E-state index is 12.7. The quantitative estimate of drug-likeness (QED) is 0.868. The van der Waals surface area contributed by atoms with Crippen molar-refractivity contribution in [1.29, 1.82) is 0 Å². The molecule has 9 heteroatoms. The number of hydrogen-bond acceptors (Lipinski definition) is 2. The molecule has 0 aliphatic rings. The van der Waals surface area contributed by atoms with Gasteiger partial charge in [-0.3, -0.25) is 4.72 Å². The number of anilines is 1. The summed E-state index contributed by atoms with van der Waals surface area (Å²) in [5.74, 6) is 0. The van der Waals surface area contributed by atoms with Crippen LogP contribution < -0.4 is 4.72 Å². The van der Waals surface area contributed by atoms with Crippen LogP contribution in [0, 0.1) is 0 Å². The largest absolute Gasteiger partial charge is 0.471 e. The third kappa shape index (κ3) is 3.03. The number of nitrogens with one attached hydrogen (secondary N) is 1. The van der Waals surface area contributed by atoms with Crippen LogP contribution in [0.3, 0.4) is 0 Å². The molecule has 0 saturated carbocycles. The van der Waals surface area contributed by atoms with Crippen molar-refractivity contribution >= 4 is 21.8 Å². The van der Waals surface area contributed by atoms with Crippen molar-refractivity contribution in [1.82, 2.24) is 0 Å². The molecule has 19 heavy (non-hydrogen) atoms. The van der Waals surface area contributed by atoms with Gasteiger partial charge in [0, 0.05) is 5.69 Å². The van der Waals surface area contributed by atoms with E-state index in [1.54, 1.807) is 0 Å². The first-order valence-corrected chi connectivity index (χ1v) is 6.19. The second-order valence-electron chi connectivity index (χ2n) is 3.45. The molecule has 3 nitrogen and oxygen atoms in total. The summed E-state index contributed by atoms with van der Waals surface area (Å²) in [6.45, 7) is 3.40. The summed E-state index contributed by atoms with van der Waals surface area (Å²) < 4.78 is 84.6. The van der Waals surface area contributed by atoms with E-state index in [-0.39, 0.29) is 0 Å². The van der Waals surface area contributed by atoms with Crippen LogP contribution in [0.1, 0.15) is 5.56 Å². The molecule has 1 aromatic carbocycles. The van der Waals surface area contributed by atoms with Gasteiger partial charge in [-0.2, -0.15) is 30.4 Å². The second kappa shape index (κ2) is 4.80. The maximum absolute atomic E-state index is 12.7. The lowest BCUT2D eigenvalue weighted by atomic mass is 10.2. The van der Waals surface area contributed by atoms with Crippen molar-refractivity contribution in [2.75, 3.05) is 4.72 Å². The van der Waals surface area contributed by atoms with E-state index in [1.807, 2.05) is 0 Å². The Morgan fingerprint density at radius 3 is 1.89 bits per heavy atom. The molecule has 106 valence electrons. The number of alkyl halides is 5. The van der Waals surface area contributed by atoms with Crippen LogP contribution in [0.5, 0.6) is 0 Å². The minimum absolute atomic E-state index is 0.408. The Kier molecular flexibility index (Phi) is 3.89. The molecular formula is C10H8F5NO2S. The molecule has 0 bridgehead atoms. The Hall–Kier alpha value is -1.64. The first-order valence-electron chi connectivity index (χ1n) is 4.70. The van der Waals surface area contributed by atoms with Crippen LogP contribution in [0.4, 0.5) is 27.6 Å². The average Bonchev–Trinajstić information content (AvgIpc) is 2.28. The van der Waals surface area contributed by atoms with Gasteiger partial charge in [-0.05, 0) is 17.7 Å². The van der Waals surface area contributed by atoms with Gasteiger partial charge in [0.05, 0.1) is 0 Å². The normalized spacial score (nSPS) is 13.1. The minimum atomic E-state index is -6.19. The third-order valence-corrected chi connectivity index (χ3v) is 3.48. The van der Waals surface area contributed by atoms with E-state index >= 15 is 0 Å². The van der Waals surface area contributed by atoms with E-state index in [1.165, 1.54) is 22.9 Å². The fourth-order valence-electron chi connectivity index (χ4n) is 1.06. The fourth-order valence-corrected chi connectivity index (χ4v) is 1.94. The molecule has 0 saturated heterocycles. The number of benzene rings is 1. The van der Waals surface area contributed by atoms with Gasteiger partial charge in [0.25, 0.3) is 0 Å². The zero-order valence-corrected chi connectivity index (χ0v) is 10.0. The SMILES string of the molecule is C=Cc1ccc(NS(=O)(=O)C(F)(F)C(F)(F)F)cc1. The van der Waals surface area contributed by atoms with Crippen molar-refractivity contribution in [3.63, 3.8) is 0 Å². The van der Waals surface area contributed by atoms with Gasteiger partial charge in [0.2, 0.25) is 0 Å². The van der Waals surface area contributed by atoms with Crippen LogP contribution in [0.2, 0.25) is 0 Å². The summed E-state index contributed by atoms with van der Waals surface area (Å²) in [5.41, 5.74) is 0.139. The minimum Gasteiger partial charge on any atom is -0.278 e. The topological polar surface area (TPSA) is 46.2 Å². The molecule has 1 aromatic rings. The van der Waals surface area contributed by atoms with Crippen LogP contribution in [-0.2, 0) is 10.0 Å². The van der Waals surface area contributed by atoms with Gasteiger partial charge >= 0.3 is 21.5 Å². The van der Waals surface area contributed by atoms with Crippen molar-refractivity contribution in [2.45, 2.75) is 11.4 Å². The molecule has 0 atom stereocenters. The van der Waals surface area contributed by atoms with Gasteiger partial charge < -0.3 is 0 Å². The number of rotatable bonds is 4. The Bertz CT molecular complexity index is 563. The predicted molar refractivity (Wildman–Crippen MR) is 60.1 cm³/mol. The van der Waals surface area contributed by atoms with E-state index in [2.05, 4.69) is 6.58 Å². The molecular weight excluding hydrogens is 293 g/mol. The third-order valence-electron chi connectivity index (χ3n) is 2.07. The van der Waals surface area contributed by atoms with E-state index in [0.717, 1.165) is 12.1 Å². The molecule has 0 heterocycles. The summed E-state index contributed by atoms with van der Waals surface area (Å²) in [6.07, 6.45) is -4.80. The first kappa shape index (κ1) is 15.4. The zero-order valence-electron chi connectivity index (χ0n) is 9.21. The monoisotopic (exact) mass is 301 g/mol. The number of hydrogen-bond donors (Lipinski definition) is 1. The van der Waals surface area contributed by atoms with E-state index in [9.17, 15) is 30.4 Å². The molecule has 0 fully saturated rings. The van der Waals surface area contributed by atoms with Gasteiger partial charge in [0.15, 0.2) is 0 Å². The standard InChI is InChI=1S/C10H8F5NO2S/c1-2-7-3-5-8(6-4-7)16-19(17,18)10(14,15)9(11,12)13/h2-6,16H,1H2. The summed E-state index contributed by atoms with van der Waals surface area (Å²) in [7, 11) is -5.92. The molecule has 0 spiro atoms. The highest BCUT2D eigenvalue weighted by atomic mass is 32.2. The van der Waals surface area contributed by atoms with Crippen molar-refractivity contribution in [3.8, 4) is 0 Å². The van der Waals surface area contributed by atoms with Crippen LogP contribution >= 0.6 is 0 Å². The molecule has 1 rings (SSSR count). The molecule has 0 amide bonds. The first-order chi connectivity index (χ1) is 8.51. The lowest BCUT2D eigenvalue weighted by Crippen LogP contribution is -2.46. The fraction of sp³-hybridized carbons (Fsp3) is 0.200. The van der Waals surface area contributed by atoms with Crippen molar-refractivity contribution in [2.24, 2.45) is 0 Å². The predicted octanol–water partition coefficient (Wildman–Crippen LogP) is 3.23. The molecule has 0 unspecified atom stereocenters.